The summed E-state index contributed by atoms with van der Waals surface area (Å²) in [6.07, 6.45) is -1.29. The maximum absolute atomic E-state index is 14.1. The monoisotopic (exact) mass is 416 g/mol. The van der Waals surface area contributed by atoms with Crippen LogP contribution in [-0.4, -0.2) is 20.9 Å². The molecule has 29 heavy (non-hydrogen) atoms. The third-order valence-corrected chi connectivity index (χ3v) is 4.45. The van der Waals surface area contributed by atoms with Crippen LogP contribution in [0, 0.1) is 5.82 Å². The van der Waals surface area contributed by atoms with Crippen LogP contribution in [0.4, 0.5) is 19.0 Å². The van der Waals surface area contributed by atoms with Gasteiger partial charge in [-0.05, 0) is 36.4 Å². The van der Waals surface area contributed by atoms with Crippen molar-refractivity contribution in [2.24, 2.45) is 0 Å². The van der Waals surface area contributed by atoms with Gasteiger partial charge in [0.1, 0.15) is 17.5 Å². The highest BCUT2D eigenvalue weighted by Crippen LogP contribution is 2.33. The second kappa shape index (κ2) is 7.56. The fourth-order valence-corrected chi connectivity index (χ4v) is 3.12. The van der Waals surface area contributed by atoms with E-state index in [2.05, 4.69) is 20.3 Å². The van der Waals surface area contributed by atoms with Gasteiger partial charge in [-0.1, -0.05) is 17.7 Å². The van der Waals surface area contributed by atoms with E-state index in [0.29, 0.717) is 0 Å². The topological polar surface area (TPSA) is 70.7 Å². The largest absolute Gasteiger partial charge is 0.337 e. The van der Waals surface area contributed by atoms with Crippen molar-refractivity contribution in [2.75, 3.05) is 5.32 Å². The van der Waals surface area contributed by atoms with Crippen LogP contribution in [0.5, 0.6) is 0 Å². The zero-order valence-electron chi connectivity index (χ0n) is 14.6. The van der Waals surface area contributed by atoms with Crippen molar-refractivity contribution < 1.29 is 18.0 Å². The number of imidazole rings is 1. The summed E-state index contributed by atoms with van der Waals surface area (Å²) in [5.74, 6) is -0.947. The summed E-state index contributed by atoms with van der Waals surface area (Å²) in [6, 6.07) is 11.1. The number of nitrogens with one attached hydrogen (secondary N) is 2. The number of amides is 1. The smallest absolute Gasteiger partial charge is 0.264 e. The van der Waals surface area contributed by atoms with Crippen LogP contribution in [0.3, 0.4) is 0 Å². The van der Waals surface area contributed by atoms with Gasteiger partial charge in [0.15, 0.2) is 0 Å². The van der Waals surface area contributed by atoms with Crippen molar-refractivity contribution in [1.29, 1.82) is 0 Å². The van der Waals surface area contributed by atoms with Crippen LogP contribution in [0.25, 0.3) is 22.4 Å². The fraction of sp³-hybridized carbons (Fsp3) is 0.0500. The van der Waals surface area contributed by atoms with E-state index in [4.69, 9.17) is 11.6 Å². The van der Waals surface area contributed by atoms with Crippen molar-refractivity contribution in [1.82, 2.24) is 15.0 Å². The van der Waals surface area contributed by atoms with Gasteiger partial charge in [0, 0.05) is 28.4 Å². The summed E-state index contributed by atoms with van der Waals surface area (Å²) in [6.45, 7) is 0. The lowest BCUT2D eigenvalue weighted by molar-refractivity contribution is 0.102. The molecule has 2 aromatic heterocycles. The third-order valence-electron chi connectivity index (χ3n) is 4.21. The number of benzene rings is 2. The Bertz CT molecular complexity index is 1210. The molecule has 2 aromatic carbocycles. The van der Waals surface area contributed by atoms with E-state index in [0.717, 1.165) is 18.2 Å². The molecule has 0 saturated heterocycles. The molecule has 0 aliphatic rings. The van der Waals surface area contributed by atoms with Crippen molar-refractivity contribution in [2.45, 2.75) is 6.43 Å². The van der Waals surface area contributed by atoms with Crippen LogP contribution in [0.1, 0.15) is 22.3 Å². The number of nitrogens with zero attached hydrogens (tertiary/aromatic N) is 2. The molecule has 0 unspecified atom stereocenters. The maximum Gasteiger partial charge on any atom is 0.264 e. The summed E-state index contributed by atoms with van der Waals surface area (Å²) in [4.78, 5) is 23.7. The normalized spacial score (nSPS) is 11.2. The number of hydrogen-bond donors (Lipinski definition) is 2. The minimum atomic E-state index is -2.79. The average Bonchev–Trinajstić information content (AvgIpc) is 3.11. The summed E-state index contributed by atoms with van der Waals surface area (Å²) >= 11 is 5.82. The van der Waals surface area contributed by atoms with Crippen LogP contribution >= 0.6 is 11.6 Å². The molecule has 146 valence electrons. The highest BCUT2D eigenvalue weighted by atomic mass is 35.5. The average molecular weight is 417 g/mol. The van der Waals surface area contributed by atoms with Crippen LogP contribution < -0.4 is 5.32 Å². The maximum atomic E-state index is 14.1. The molecule has 0 aliphatic heterocycles. The molecule has 4 rings (SSSR count). The van der Waals surface area contributed by atoms with Gasteiger partial charge in [-0.25, -0.2) is 23.1 Å². The fourth-order valence-electron chi connectivity index (χ4n) is 2.94. The first-order chi connectivity index (χ1) is 13.9. The van der Waals surface area contributed by atoms with E-state index in [1.165, 1.54) is 18.3 Å². The Kier molecular flexibility index (Phi) is 4.94. The van der Waals surface area contributed by atoms with Gasteiger partial charge in [-0.3, -0.25) is 4.79 Å². The minimum Gasteiger partial charge on any atom is -0.337 e. The number of fused-ring (bicyclic) bond motifs is 1. The Morgan fingerprint density at radius 2 is 1.97 bits per heavy atom. The van der Waals surface area contributed by atoms with Gasteiger partial charge < -0.3 is 10.3 Å². The zero-order valence-corrected chi connectivity index (χ0v) is 15.3. The molecular formula is C20H12ClF3N4O. The number of rotatable bonds is 4. The number of alkyl halides is 2. The number of aromatic amines is 1. The van der Waals surface area contributed by atoms with E-state index < -0.39 is 18.1 Å². The quantitative estimate of drug-likeness (QED) is 0.454. The molecule has 0 atom stereocenters. The first-order valence-corrected chi connectivity index (χ1v) is 8.80. The predicted octanol–water partition coefficient (Wildman–Crippen LogP) is 5.61. The van der Waals surface area contributed by atoms with Crippen LogP contribution in [0.15, 0.2) is 54.7 Å². The Balaban J connectivity index is 1.81. The minimum absolute atomic E-state index is 0.0306. The molecule has 0 radical (unpaired) electrons. The molecule has 5 nitrogen and oxygen atoms in total. The van der Waals surface area contributed by atoms with Crippen molar-refractivity contribution in [3.05, 3.63) is 76.7 Å². The van der Waals surface area contributed by atoms with E-state index in [9.17, 15) is 18.0 Å². The van der Waals surface area contributed by atoms with E-state index >= 15 is 0 Å². The molecule has 0 fully saturated rings. The summed E-state index contributed by atoms with van der Waals surface area (Å²) in [5, 5.41) is 2.72. The molecule has 0 spiro atoms. The Labute approximate surface area is 167 Å². The molecule has 9 heteroatoms. The van der Waals surface area contributed by atoms with Crippen molar-refractivity contribution >= 4 is 34.4 Å². The molecule has 0 bridgehead atoms. The Hall–Kier alpha value is -3.39. The number of carbonyl (C=O) groups excluding carboxylic acids is 1. The summed E-state index contributed by atoms with van der Waals surface area (Å²) in [5.41, 5.74) is 0.0944. The Morgan fingerprint density at radius 3 is 2.69 bits per heavy atom. The molecule has 2 N–H and O–H groups in total. The highest BCUT2D eigenvalue weighted by Gasteiger charge is 2.20. The molecule has 4 aromatic rings. The van der Waals surface area contributed by atoms with E-state index in [1.54, 1.807) is 18.2 Å². The second-order valence-electron chi connectivity index (χ2n) is 6.13. The first-order valence-electron chi connectivity index (χ1n) is 8.42. The zero-order chi connectivity index (χ0) is 20.5. The van der Waals surface area contributed by atoms with Gasteiger partial charge in [0.05, 0.1) is 16.6 Å². The predicted molar refractivity (Wildman–Crippen MR) is 104 cm³/mol. The number of hydrogen-bond acceptors (Lipinski definition) is 3. The molecule has 2 heterocycles. The van der Waals surface area contributed by atoms with Gasteiger partial charge >= 0.3 is 0 Å². The van der Waals surface area contributed by atoms with Crippen molar-refractivity contribution in [3.63, 3.8) is 0 Å². The van der Waals surface area contributed by atoms with E-state index in [1.807, 2.05) is 0 Å². The SMILES string of the molecule is O=C(Nc1ccccn1)c1cc(F)cc2nc(-c3ccc(Cl)cc3C(F)F)[nH]c12. The van der Waals surface area contributed by atoms with Crippen LogP contribution in [0.2, 0.25) is 5.02 Å². The highest BCUT2D eigenvalue weighted by molar-refractivity contribution is 6.30. The van der Waals surface area contributed by atoms with Gasteiger partial charge in [-0.15, -0.1) is 0 Å². The summed E-state index contributed by atoms with van der Waals surface area (Å²) < 4.78 is 40.9. The number of aromatic nitrogens is 3. The summed E-state index contributed by atoms with van der Waals surface area (Å²) in [7, 11) is 0. The molecule has 0 aliphatic carbocycles. The molecule has 0 saturated carbocycles. The molecule has 1 amide bonds. The van der Waals surface area contributed by atoms with E-state index in [-0.39, 0.29) is 44.4 Å². The lowest BCUT2D eigenvalue weighted by Crippen LogP contribution is -2.13. The third kappa shape index (κ3) is 3.79. The lowest BCUT2D eigenvalue weighted by atomic mass is 10.1. The lowest BCUT2D eigenvalue weighted by Gasteiger charge is -2.07. The molecular weight excluding hydrogens is 405 g/mol. The number of H-pyrrole nitrogens is 1. The van der Waals surface area contributed by atoms with Crippen molar-refractivity contribution in [3.8, 4) is 11.4 Å². The van der Waals surface area contributed by atoms with Gasteiger partial charge in [-0.2, -0.15) is 0 Å². The Morgan fingerprint density at radius 1 is 1.14 bits per heavy atom. The second-order valence-corrected chi connectivity index (χ2v) is 6.57. The number of pyridine rings is 1. The first kappa shape index (κ1) is 18.9. The standard InChI is InChI=1S/C20H12ClF3N4O/c21-10-4-5-12(13(7-10)18(23)24)19-26-15-9-11(22)8-14(17(15)28-19)20(29)27-16-3-1-2-6-25-16/h1-9,18H,(H,26,28)(H,25,27,29). The number of anilines is 1. The van der Waals surface area contributed by atoms with Gasteiger partial charge in [0.25, 0.3) is 12.3 Å². The van der Waals surface area contributed by atoms with Gasteiger partial charge in [0.2, 0.25) is 0 Å². The number of carbonyl (C=O) groups is 1. The van der Waals surface area contributed by atoms with Crippen LogP contribution in [-0.2, 0) is 0 Å². The number of halogens is 4.